The number of carbonyl (C=O) groups excluding carboxylic acids is 1. The topological polar surface area (TPSA) is 38.3 Å². The van der Waals surface area contributed by atoms with E-state index in [1.807, 2.05) is 50.2 Å². The van der Waals surface area contributed by atoms with Crippen molar-refractivity contribution in [2.24, 2.45) is 0 Å². The molecule has 0 atom stereocenters. The lowest BCUT2D eigenvalue weighted by atomic mass is 10.2. The highest BCUT2D eigenvalue weighted by Gasteiger charge is 2.08. The van der Waals surface area contributed by atoms with Gasteiger partial charge in [-0.2, -0.15) is 0 Å². The second kappa shape index (κ2) is 6.74. The molecule has 2 aromatic rings. The Balaban J connectivity index is 2.10. The van der Waals surface area contributed by atoms with Crippen LogP contribution in [-0.4, -0.2) is 12.0 Å². The zero-order valence-electron chi connectivity index (χ0n) is 11.4. The molecule has 0 heterocycles. The summed E-state index contributed by atoms with van der Waals surface area (Å²) in [5.41, 5.74) is 1.37. The van der Waals surface area contributed by atoms with E-state index in [2.05, 4.69) is 27.9 Å². The van der Waals surface area contributed by atoms with Crippen molar-refractivity contribution in [2.45, 2.75) is 20.0 Å². The van der Waals surface area contributed by atoms with Gasteiger partial charge in [0.1, 0.15) is 5.75 Å². The lowest BCUT2D eigenvalue weighted by Crippen LogP contribution is -2.12. The van der Waals surface area contributed by atoms with Crippen molar-refractivity contribution in [2.75, 3.05) is 5.32 Å². The molecule has 1 N–H and O–H groups in total. The summed E-state index contributed by atoms with van der Waals surface area (Å²) in [7, 11) is 0. The van der Waals surface area contributed by atoms with Crippen molar-refractivity contribution in [3.63, 3.8) is 0 Å². The fourth-order valence-corrected chi connectivity index (χ4v) is 2.08. The maximum absolute atomic E-state index is 12.2. The molecular formula is C16H16INO2. The van der Waals surface area contributed by atoms with Gasteiger partial charge in [0, 0.05) is 14.8 Å². The van der Waals surface area contributed by atoms with E-state index in [0.29, 0.717) is 11.3 Å². The first-order chi connectivity index (χ1) is 9.54. The summed E-state index contributed by atoms with van der Waals surface area (Å²) in [6, 6.07) is 14.9. The normalized spacial score (nSPS) is 10.4. The van der Waals surface area contributed by atoms with Crippen LogP contribution in [0.15, 0.2) is 48.5 Å². The highest BCUT2D eigenvalue weighted by molar-refractivity contribution is 14.1. The van der Waals surface area contributed by atoms with Crippen molar-refractivity contribution in [3.05, 3.63) is 57.7 Å². The third-order valence-electron chi connectivity index (χ3n) is 2.57. The molecule has 0 aliphatic heterocycles. The molecule has 0 aliphatic carbocycles. The molecule has 0 aromatic heterocycles. The zero-order valence-corrected chi connectivity index (χ0v) is 13.5. The van der Waals surface area contributed by atoms with Crippen molar-refractivity contribution in [1.29, 1.82) is 0 Å². The molecule has 2 aromatic carbocycles. The molecule has 1 amide bonds. The van der Waals surface area contributed by atoms with Gasteiger partial charge in [-0.15, -0.1) is 0 Å². The van der Waals surface area contributed by atoms with Gasteiger partial charge in [0.15, 0.2) is 0 Å². The van der Waals surface area contributed by atoms with Crippen molar-refractivity contribution in [3.8, 4) is 5.75 Å². The van der Waals surface area contributed by atoms with Crippen LogP contribution in [0.4, 0.5) is 5.69 Å². The van der Waals surface area contributed by atoms with Crippen LogP contribution in [0.3, 0.4) is 0 Å². The predicted molar refractivity (Wildman–Crippen MR) is 89.3 cm³/mol. The molecule has 0 saturated heterocycles. The van der Waals surface area contributed by atoms with E-state index in [1.54, 1.807) is 12.1 Å². The average Bonchev–Trinajstić information content (AvgIpc) is 2.41. The number of hydrogen-bond donors (Lipinski definition) is 1. The summed E-state index contributed by atoms with van der Waals surface area (Å²) in [5.74, 6) is 0.565. The fraction of sp³-hybridized carbons (Fsp3) is 0.188. The van der Waals surface area contributed by atoms with Crippen LogP contribution in [-0.2, 0) is 0 Å². The Morgan fingerprint density at radius 3 is 2.50 bits per heavy atom. The lowest BCUT2D eigenvalue weighted by molar-refractivity contribution is 0.102. The van der Waals surface area contributed by atoms with E-state index in [-0.39, 0.29) is 12.0 Å². The Bertz CT molecular complexity index is 594. The van der Waals surface area contributed by atoms with E-state index < -0.39 is 0 Å². The molecular weight excluding hydrogens is 365 g/mol. The highest BCUT2D eigenvalue weighted by atomic mass is 127. The molecule has 2 rings (SSSR count). The Kier molecular flexibility index (Phi) is 5.00. The molecule has 0 radical (unpaired) electrons. The second-order valence-electron chi connectivity index (χ2n) is 4.66. The Morgan fingerprint density at radius 2 is 1.85 bits per heavy atom. The number of halogens is 1. The van der Waals surface area contributed by atoms with Gasteiger partial charge in [-0.05, 0) is 78.9 Å². The molecule has 0 saturated carbocycles. The van der Waals surface area contributed by atoms with Crippen molar-refractivity contribution in [1.82, 2.24) is 0 Å². The summed E-state index contributed by atoms with van der Waals surface area (Å²) in [6.07, 6.45) is 0.0875. The molecule has 0 aliphatic rings. The summed E-state index contributed by atoms with van der Waals surface area (Å²) < 4.78 is 6.72. The maximum atomic E-state index is 12.2. The van der Waals surface area contributed by atoms with E-state index in [4.69, 9.17) is 4.74 Å². The maximum Gasteiger partial charge on any atom is 0.255 e. The Hall–Kier alpha value is -1.56. The smallest absolute Gasteiger partial charge is 0.255 e. The standard InChI is InChI=1S/C16H16INO2/c1-11(2)20-15-5-3-4-12(10-15)16(19)18-14-8-6-13(17)7-9-14/h3-11H,1-2H3,(H,18,19). The quantitative estimate of drug-likeness (QED) is 0.801. The van der Waals surface area contributed by atoms with Gasteiger partial charge in [-0.3, -0.25) is 4.79 Å². The molecule has 20 heavy (non-hydrogen) atoms. The minimum absolute atomic E-state index is 0.0875. The van der Waals surface area contributed by atoms with Gasteiger partial charge in [-0.1, -0.05) is 6.07 Å². The number of anilines is 1. The summed E-state index contributed by atoms with van der Waals surface area (Å²) in [4.78, 5) is 12.2. The van der Waals surface area contributed by atoms with Crippen molar-refractivity contribution >= 4 is 34.2 Å². The van der Waals surface area contributed by atoms with Crippen LogP contribution in [0.5, 0.6) is 5.75 Å². The number of rotatable bonds is 4. The zero-order chi connectivity index (χ0) is 14.5. The van der Waals surface area contributed by atoms with Gasteiger partial charge in [0.05, 0.1) is 6.10 Å². The van der Waals surface area contributed by atoms with Gasteiger partial charge in [-0.25, -0.2) is 0 Å². The third-order valence-corrected chi connectivity index (χ3v) is 3.29. The van der Waals surface area contributed by atoms with E-state index in [1.165, 1.54) is 0 Å². The van der Waals surface area contributed by atoms with Crippen LogP contribution in [0.2, 0.25) is 0 Å². The summed E-state index contributed by atoms with van der Waals surface area (Å²) in [5, 5.41) is 2.87. The number of hydrogen-bond acceptors (Lipinski definition) is 2. The molecule has 104 valence electrons. The summed E-state index contributed by atoms with van der Waals surface area (Å²) in [6.45, 7) is 3.91. The number of nitrogens with one attached hydrogen (secondary N) is 1. The summed E-state index contributed by atoms with van der Waals surface area (Å²) >= 11 is 2.23. The van der Waals surface area contributed by atoms with Crippen LogP contribution in [0, 0.1) is 3.57 Å². The Morgan fingerprint density at radius 1 is 1.15 bits per heavy atom. The second-order valence-corrected chi connectivity index (χ2v) is 5.90. The number of amides is 1. The van der Waals surface area contributed by atoms with Crippen LogP contribution < -0.4 is 10.1 Å². The molecule has 0 bridgehead atoms. The first-order valence-electron chi connectivity index (χ1n) is 6.38. The number of carbonyl (C=O) groups is 1. The van der Waals surface area contributed by atoms with Crippen LogP contribution in [0.1, 0.15) is 24.2 Å². The minimum Gasteiger partial charge on any atom is -0.491 e. The SMILES string of the molecule is CC(C)Oc1cccc(C(=O)Nc2ccc(I)cc2)c1. The molecule has 0 fully saturated rings. The molecule has 0 spiro atoms. The van der Waals surface area contributed by atoms with Crippen LogP contribution in [0.25, 0.3) is 0 Å². The monoisotopic (exact) mass is 381 g/mol. The van der Waals surface area contributed by atoms with Crippen molar-refractivity contribution < 1.29 is 9.53 Å². The van der Waals surface area contributed by atoms with E-state index in [9.17, 15) is 4.79 Å². The third kappa shape index (κ3) is 4.23. The largest absolute Gasteiger partial charge is 0.491 e. The van der Waals surface area contributed by atoms with Gasteiger partial charge >= 0.3 is 0 Å². The minimum atomic E-state index is -0.139. The lowest BCUT2D eigenvalue weighted by Gasteiger charge is -2.11. The first-order valence-corrected chi connectivity index (χ1v) is 7.46. The fourth-order valence-electron chi connectivity index (χ4n) is 1.72. The first kappa shape index (κ1) is 14.8. The molecule has 4 heteroatoms. The number of ether oxygens (including phenoxy) is 1. The highest BCUT2D eigenvalue weighted by Crippen LogP contribution is 2.17. The Labute approximate surface area is 132 Å². The molecule has 3 nitrogen and oxygen atoms in total. The van der Waals surface area contributed by atoms with E-state index >= 15 is 0 Å². The average molecular weight is 381 g/mol. The number of benzene rings is 2. The predicted octanol–water partition coefficient (Wildman–Crippen LogP) is 4.33. The van der Waals surface area contributed by atoms with Gasteiger partial charge < -0.3 is 10.1 Å². The van der Waals surface area contributed by atoms with Crippen LogP contribution >= 0.6 is 22.6 Å². The van der Waals surface area contributed by atoms with E-state index in [0.717, 1.165) is 9.26 Å². The van der Waals surface area contributed by atoms with Gasteiger partial charge in [0.2, 0.25) is 0 Å². The van der Waals surface area contributed by atoms with Gasteiger partial charge in [0.25, 0.3) is 5.91 Å². The molecule has 0 unspecified atom stereocenters.